The Balaban J connectivity index is 2.24. The highest BCUT2D eigenvalue weighted by atomic mass is 19.4. The SMILES string of the molecule is Cn1nc2c(C(=O)O)ccnc2c1-c1cnn(C(F)(F)F)c1. The summed E-state index contributed by atoms with van der Waals surface area (Å²) in [5.41, 5.74) is 0.623. The maximum absolute atomic E-state index is 12.6. The molecule has 0 spiro atoms. The average molecular weight is 311 g/mol. The molecule has 0 aliphatic carbocycles. The summed E-state index contributed by atoms with van der Waals surface area (Å²) in [5, 5.41) is 16.4. The highest BCUT2D eigenvalue weighted by molar-refractivity contribution is 6.04. The standard InChI is InChI=1S/C12H8F3N5O2/c1-19-10(6-4-17-20(5-6)12(13,14)15)9-8(18-19)7(11(21)22)2-3-16-9/h2-5H,1H3,(H,21,22). The van der Waals surface area contributed by atoms with Crippen LogP contribution in [0.5, 0.6) is 0 Å². The summed E-state index contributed by atoms with van der Waals surface area (Å²) < 4.78 is 39.0. The van der Waals surface area contributed by atoms with Gasteiger partial charge < -0.3 is 5.11 Å². The molecule has 0 saturated heterocycles. The van der Waals surface area contributed by atoms with Crippen molar-refractivity contribution in [2.75, 3.05) is 0 Å². The van der Waals surface area contributed by atoms with Crippen molar-refractivity contribution in [3.8, 4) is 11.3 Å². The van der Waals surface area contributed by atoms with E-state index in [-0.39, 0.29) is 32.5 Å². The van der Waals surface area contributed by atoms with Gasteiger partial charge in [-0.1, -0.05) is 0 Å². The summed E-state index contributed by atoms with van der Waals surface area (Å²) in [7, 11) is 1.49. The Morgan fingerprint density at radius 3 is 2.64 bits per heavy atom. The lowest BCUT2D eigenvalue weighted by molar-refractivity contribution is -0.212. The van der Waals surface area contributed by atoms with Crippen LogP contribution in [0.1, 0.15) is 10.4 Å². The van der Waals surface area contributed by atoms with Crippen molar-refractivity contribution < 1.29 is 23.1 Å². The maximum atomic E-state index is 12.6. The van der Waals surface area contributed by atoms with E-state index in [0.717, 1.165) is 12.4 Å². The zero-order valence-electron chi connectivity index (χ0n) is 11.0. The van der Waals surface area contributed by atoms with Gasteiger partial charge in [0.05, 0.1) is 17.5 Å². The van der Waals surface area contributed by atoms with Crippen molar-refractivity contribution >= 4 is 17.0 Å². The highest BCUT2D eigenvalue weighted by Crippen LogP contribution is 2.30. The first-order valence-electron chi connectivity index (χ1n) is 5.96. The van der Waals surface area contributed by atoms with Gasteiger partial charge >= 0.3 is 12.3 Å². The summed E-state index contributed by atoms with van der Waals surface area (Å²) in [5.74, 6) is -1.19. The Hall–Kier alpha value is -2.91. The van der Waals surface area contributed by atoms with Gasteiger partial charge in [-0.2, -0.15) is 14.9 Å². The van der Waals surface area contributed by atoms with Crippen molar-refractivity contribution in [2.45, 2.75) is 6.30 Å². The number of hydrogen-bond donors (Lipinski definition) is 1. The van der Waals surface area contributed by atoms with Crippen molar-refractivity contribution in [2.24, 2.45) is 7.05 Å². The molecular weight excluding hydrogens is 303 g/mol. The molecule has 0 radical (unpaired) electrons. The number of aryl methyl sites for hydroxylation is 1. The second kappa shape index (κ2) is 4.55. The summed E-state index contributed by atoms with van der Waals surface area (Å²) in [6.45, 7) is 0. The molecule has 1 N–H and O–H groups in total. The predicted molar refractivity (Wildman–Crippen MR) is 68.0 cm³/mol. The molecule has 114 valence electrons. The summed E-state index contributed by atoms with van der Waals surface area (Å²) in [6, 6.07) is 1.28. The number of fused-ring (bicyclic) bond motifs is 1. The third-order valence-electron chi connectivity index (χ3n) is 3.07. The fourth-order valence-electron chi connectivity index (χ4n) is 2.16. The number of carboxylic acids is 1. The Bertz CT molecular complexity index is 881. The Kier molecular flexibility index (Phi) is 2.90. The lowest BCUT2D eigenvalue weighted by Gasteiger charge is -2.04. The van der Waals surface area contributed by atoms with E-state index in [2.05, 4.69) is 15.2 Å². The Morgan fingerprint density at radius 2 is 2.05 bits per heavy atom. The van der Waals surface area contributed by atoms with Crippen molar-refractivity contribution in [1.82, 2.24) is 24.5 Å². The molecule has 0 bridgehead atoms. The molecule has 0 atom stereocenters. The van der Waals surface area contributed by atoms with E-state index in [1.54, 1.807) is 0 Å². The van der Waals surface area contributed by atoms with Crippen LogP contribution in [0.2, 0.25) is 0 Å². The van der Waals surface area contributed by atoms with E-state index < -0.39 is 12.3 Å². The molecule has 3 rings (SSSR count). The third-order valence-corrected chi connectivity index (χ3v) is 3.07. The first-order chi connectivity index (χ1) is 10.3. The Labute approximate surface area is 120 Å². The van der Waals surface area contributed by atoms with E-state index in [1.807, 2.05) is 0 Å². The van der Waals surface area contributed by atoms with Crippen LogP contribution in [0.15, 0.2) is 24.7 Å². The van der Waals surface area contributed by atoms with Gasteiger partial charge in [-0.05, 0) is 6.07 Å². The van der Waals surface area contributed by atoms with E-state index >= 15 is 0 Å². The van der Waals surface area contributed by atoms with Gasteiger partial charge in [0.2, 0.25) is 0 Å². The number of halogens is 3. The third kappa shape index (κ3) is 2.08. The minimum absolute atomic E-state index is 0.0740. The minimum Gasteiger partial charge on any atom is -0.478 e. The normalized spacial score (nSPS) is 12.0. The van der Waals surface area contributed by atoms with Gasteiger partial charge in [0.15, 0.2) is 0 Å². The first-order valence-corrected chi connectivity index (χ1v) is 5.96. The van der Waals surface area contributed by atoms with Crippen LogP contribution in [0.25, 0.3) is 22.3 Å². The van der Waals surface area contributed by atoms with Gasteiger partial charge in [0, 0.05) is 25.0 Å². The topological polar surface area (TPSA) is 85.8 Å². The molecule has 3 aromatic rings. The molecule has 0 saturated carbocycles. The second-order valence-corrected chi connectivity index (χ2v) is 4.47. The van der Waals surface area contributed by atoms with Crippen LogP contribution in [-0.4, -0.2) is 35.6 Å². The van der Waals surface area contributed by atoms with E-state index in [1.165, 1.54) is 24.0 Å². The van der Waals surface area contributed by atoms with Gasteiger partial charge in [-0.15, -0.1) is 13.2 Å². The van der Waals surface area contributed by atoms with Crippen LogP contribution in [0, 0.1) is 0 Å². The summed E-state index contributed by atoms with van der Waals surface area (Å²) in [6.07, 6.45) is -1.54. The number of carboxylic acid groups (broad SMARTS) is 1. The average Bonchev–Trinajstić information content (AvgIpc) is 3.00. The van der Waals surface area contributed by atoms with Crippen LogP contribution in [0.4, 0.5) is 13.2 Å². The number of hydrogen-bond acceptors (Lipinski definition) is 4. The van der Waals surface area contributed by atoms with Crippen molar-refractivity contribution in [1.29, 1.82) is 0 Å². The lowest BCUT2D eigenvalue weighted by Crippen LogP contribution is -2.16. The molecule has 0 aliphatic rings. The smallest absolute Gasteiger partial charge is 0.478 e. The predicted octanol–water partition coefficient (Wildman–Crippen LogP) is 2.01. The number of nitrogens with zero attached hydrogens (tertiary/aromatic N) is 5. The van der Waals surface area contributed by atoms with Gasteiger partial charge in [0.1, 0.15) is 11.0 Å². The van der Waals surface area contributed by atoms with Crippen LogP contribution in [-0.2, 0) is 13.3 Å². The fraction of sp³-hybridized carbons (Fsp3) is 0.167. The van der Waals surface area contributed by atoms with Crippen LogP contribution < -0.4 is 0 Å². The number of rotatable bonds is 2. The van der Waals surface area contributed by atoms with Crippen molar-refractivity contribution in [3.05, 3.63) is 30.2 Å². The monoisotopic (exact) mass is 311 g/mol. The zero-order valence-corrected chi connectivity index (χ0v) is 11.0. The zero-order chi connectivity index (χ0) is 16.1. The molecule has 3 heterocycles. The molecule has 7 nitrogen and oxygen atoms in total. The highest BCUT2D eigenvalue weighted by Gasteiger charge is 2.32. The number of alkyl halides is 3. The minimum atomic E-state index is -4.63. The van der Waals surface area contributed by atoms with Gasteiger partial charge in [-0.25, -0.2) is 4.79 Å². The van der Waals surface area contributed by atoms with Gasteiger partial charge in [-0.3, -0.25) is 9.67 Å². The number of aromatic nitrogens is 5. The largest absolute Gasteiger partial charge is 0.504 e. The van der Waals surface area contributed by atoms with E-state index in [4.69, 9.17) is 5.11 Å². The molecule has 0 aromatic carbocycles. The molecule has 0 aliphatic heterocycles. The van der Waals surface area contributed by atoms with E-state index in [0.29, 0.717) is 0 Å². The summed E-state index contributed by atoms with van der Waals surface area (Å²) in [4.78, 5) is 15.2. The van der Waals surface area contributed by atoms with E-state index in [9.17, 15) is 18.0 Å². The van der Waals surface area contributed by atoms with Crippen LogP contribution >= 0.6 is 0 Å². The molecule has 10 heteroatoms. The second-order valence-electron chi connectivity index (χ2n) is 4.47. The lowest BCUT2D eigenvalue weighted by atomic mass is 10.1. The van der Waals surface area contributed by atoms with Crippen LogP contribution in [0.3, 0.4) is 0 Å². The molecular formula is C12H8F3N5O2. The van der Waals surface area contributed by atoms with Gasteiger partial charge in [0.25, 0.3) is 0 Å². The molecule has 22 heavy (non-hydrogen) atoms. The first kappa shape index (κ1) is 14.0. The quantitative estimate of drug-likeness (QED) is 0.782. The number of aromatic carboxylic acids is 1. The number of pyridine rings is 1. The summed E-state index contributed by atoms with van der Waals surface area (Å²) >= 11 is 0. The fourth-order valence-corrected chi connectivity index (χ4v) is 2.16. The molecule has 3 aromatic heterocycles. The van der Waals surface area contributed by atoms with Crippen molar-refractivity contribution in [3.63, 3.8) is 0 Å². The number of carbonyl (C=O) groups is 1. The maximum Gasteiger partial charge on any atom is 0.504 e. The molecule has 0 unspecified atom stereocenters. The Morgan fingerprint density at radius 1 is 1.32 bits per heavy atom. The molecule has 0 fully saturated rings. The molecule has 0 amide bonds.